The van der Waals surface area contributed by atoms with Crippen molar-refractivity contribution in [1.29, 1.82) is 0 Å². The van der Waals surface area contributed by atoms with Crippen LogP contribution in [0.5, 0.6) is 0 Å². The van der Waals surface area contributed by atoms with Crippen molar-refractivity contribution in [2.45, 2.75) is 5.38 Å². The van der Waals surface area contributed by atoms with Crippen molar-refractivity contribution in [3.8, 4) is 0 Å². The van der Waals surface area contributed by atoms with Crippen LogP contribution < -0.4 is 0 Å². The number of hydrogen-bond donors (Lipinski definition) is 0. The summed E-state index contributed by atoms with van der Waals surface area (Å²) >= 11 is 4.52. The lowest BCUT2D eigenvalue weighted by Gasteiger charge is -2.08. The van der Waals surface area contributed by atoms with Gasteiger partial charge in [-0.1, -0.05) is 0 Å². The maximum atomic E-state index is 12.5. The lowest BCUT2D eigenvalue weighted by Crippen LogP contribution is -2.06. The van der Waals surface area contributed by atoms with Crippen LogP contribution in [0.25, 0.3) is 0 Å². The molecule has 0 N–H and O–H groups in total. The summed E-state index contributed by atoms with van der Waals surface area (Å²) in [4.78, 5) is 0. The largest absolute Gasteiger partial charge is 0.351 e. The molecule has 12 heavy (non-hydrogen) atoms. The van der Waals surface area contributed by atoms with Crippen LogP contribution in [-0.2, 0) is 5.38 Å². The van der Waals surface area contributed by atoms with Crippen LogP contribution in [0.3, 0.4) is 0 Å². The van der Waals surface area contributed by atoms with Crippen molar-refractivity contribution < 1.29 is 17.6 Å². The molecule has 5 heteroatoms. The highest BCUT2D eigenvalue weighted by atomic mass is 35.5. The average Bonchev–Trinajstić information content (AvgIpc) is 1.83. The van der Waals surface area contributed by atoms with Crippen LogP contribution in [0.4, 0.5) is 17.6 Å². The number of benzene rings is 1. The molecule has 0 aliphatic rings. The quantitative estimate of drug-likeness (QED) is 0.480. The van der Waals surface area contributed by atoms with E-state index in [0.717, 1.165) is 0 Å². The van der Waals surface area contributed by atoms with Crippen LogP contribution in [0, 0.1) is 11.6 Å². The normalized spacial score (nSPS) is 11.8. The predicted octanol–water partition coefficient (Wildman–Crippen LogP) is 3.25. The van der Waals surface area contributed by atoms with E-state index in [-0.39, 0.29) is 0 Å². The van der Waals surface area contributed by atoms with Gasteiger partial charge in [0.05, 0.1) is 5.56 Å². The first-order valence-electron chi connectivity index (χ1n) is 2.93. The fourth-order valence-corrected chi connectivity index (χ4v) is 0.873. The van der Waals surface area contributed by atoms with Gasteiger partial charge in [-0.3, -0.25) is 0 Å². The molecule has 1 aromatic rings. The van der Waals surface area contributed by atoms with E-state index in [9.17, 15) is 17.6 Å². The van der Waals surface area contributed by atoms with Gasteiger partial charge in [-0.25, -0.2) is 8.78 Å². The molecule has 0 spiro atoms. The van der Waals surface area contributed by atoms with Crippen molar-refractivity contribution in [1.82, 2.24) is 0 Å². The lowest BCUT2D eigenvalue weighted by molar-refractivity contribution is 0.0905. The van der Waals surface area contributed by atoms with Gasteiger partial charge in [-0.2, -0.15) is 8.78 Å². The number of alkyl halides is 3. The van der Waals surface area contributed by atoms with E-state index in [1.165, 1.54) is 0 Å². The molecule has 0 bridgehead atoms. The third-order valence-electron chi connectivity index (χ3n) is 1.24. The summed E-state index contributed by atoms with van der Waals surface area (Å²) in [5.41, 5.74) is -1.02. The third-order valence-corrected chi connectivity index (χ3v) is 1.44. The second-order valence-corrected chi connectivity index (χ2v) is 2.60. The fraction of sp³-hybridized carbons (Fsp3) is 0.143. The Balaban J connectivity index is 3.19. The molecule has 0 radical (unpaired) electrons. The summed E-state index contributed by atoms with van der Waals surface area (Å²) < 4.78 is 49.2. The first-order chi connectivity index (χ1) is 5.41. The van der Waals surface area contributed by atoms with Crippen LogP contribution in [-0.4, -0.2) is 0 Å². The monoisotopic (exact) mass is 198 g/mol. The number of rotatable bonds is 1. The SMILES string of the molecule is Fc1ccc(C(F)(F)Cl)c(F)c1. The van der Waals surface area contributed by atoms with E-state index < -0.39 is 22.6 Å². The smallest absolute Gasteiger partial charge is 0.207 e. The fourth-order valence-electron chi connectivity index (χ4n) is 0.719. The Kier molecular flexibility index (Phi) is 2.28. The van der Waals surface area contributed by atoms with Gasteiger partial charge in [0.2, 0.25) is 0 Å². The van der Waals surface area contributed by atoms with Crippen molar-refractivity contribution in [3.05, 3.63) is 35.4 Å². The molecule has 0 heterocycles. The molecule has 66 valence electrons. The number of halogens is 5. The van der Waals surface area contributed by atoms with E-state index in [2.05, 4.69) is 11.6 Å². The first kappa shape index (κ1) is 9.32. The van der Waals surface area contributed by atoms with Gasteiger partial charge in [-0.05, 0) is 23.7 Å². The first-order valence-corrected chi connectivity index (χ1v) is 3.31. The Bertz CT molecular complexity index is 292. The zero-order chi connectivity index (χ0) is 9.35. The minimum Gasteiger partial charge on any atom is -0.207 e. The van der Waals surface area contributed by atoms with Crippen molar-refractivity contribution in [2.24, 2.45) is 0 Å². The summed E-state index contributed by atoms with van der Waals surface area (Å²) in [6, 6.07) is 1.68. The van der Waals surface area contributed by atoms with Gasteiger partial charge in [0, 0.05) is 6.07 Å². The summed E-state index contributed by atoms with van der Waals surface area (Å²) in [7, 11) is 0. The van der Waals surface area contributed by atoms with Gasteiger partial charge in [-0.15, -0.1) is 0 Å². The highest BCUT2D eigenvalue weighted by Gasteiger charge is 2.31. The molecule has 1 rings (SSSR count). The Labute approximate surface area is 70.8 Å². The zero-order valence-corrected chi connectivity index (χ0v) is 6.38. The highest BCUT2D eigenvalue weighted by Crippen LogP contribution is 2.33. The second kappa shape index (κ2) is 2.94. The average molecular weight is 199 g/mol. The Morgan fingerprint density at radius 3 is 2.17 bits per heavy atom. The van der Waals surface area contributed by atoms with Crippen LogP contribution in [0.15, 0.2) is 18.2 Å². The third kappa shape index (κ3) is 1.88. The molecule has 0 fully saturated rings. The van der Waals surface area contributed by atoms with Gasteiger partial charge in [0.25, 0.3) is 0 Å². The molecule has 0 unspecified atom stereocenters. The Morgan fingerprint density at radius 1 is 1.17 bits per heavy atom. The minimum absolute atomic E-state index is 0.353. The van der Waals surface area contributed by atoms with Gasteiger partial charge < -0.3 is 0 Å². The Morgan fingerprint density at radius 2 is 1.75 bits per heavy atom. The second-order valence-electron chi connectivity index (χ2n) is 2.12. The van der Waals surface area contributed by atoms with E-state index >= 15 is 0 Å². The van der Waals surface area contributed by atoms with Crippen LogP contribution >= 0.6 is 11.6 Å². The molecule has 0 aliphatic heterocycles. The van der Waals surface area contributed by atoms with E-state index in [1.807, 2.05) is 0 Å². The molecule has 0 aliphatic carbocycles. The lowest BCUT2D eigenvalue weighted by atomic mass is 10.2. The summed E-state index contributed by atoms with van der Waals surface area (Å²) in [5.74, 6) is -2.27. The topological polar surface area (TPSA) is 0 Å². The molecule has 0 amide bonds. The van der Waals surface area contributed by atoms with E-state index in [0.29, 0.717) is 18.2 Å². The summed E-state index contributed by atoms with van der Waals surface area (Å²) in [6.45, 7) is 0. The predicted molar refractivity (Wildman–Crippen MR) is 36.1 cm³/mol. The number of hydrogen-bond acceptors (Lipinski definition) is 0. The standard InChI is InChI=1S/C7H3ClF4/c8-7(11,12)5-2-1-4(9)3-6(5)10/h1-3H. The van der Waals surface area contributed by atoms with E-state index in [4.69, 9.17) is 0 Å². The van der Waals surface area contributed by atoms with Crippen LogP contribution in [0.2, 0.25) is 0 Å². The summed E-state index contributed by atoms with van der Waals surface area (Å²) in [5, 5.41) is -3.79. The molecule has 0 nitrogen and oxygen atoms in total. The maximum Gasteiger partial charge on any atom is 0.351 e. The Hall–Kier alpha value is -0.770. The maximum absolute atomic E-state index is 12.5. The molecule has 0 saturated carbocycles. The summed E-state index contributed by atoms with van der Waals surface area (Å²) in [6.07, 6.45) is 0. The van der Waals surface area contributed by atoms with Crippen LogP contribution in [0.1, 0.15) is 5.56 Å². The minimum atomic E-state index is -3.79. The zero-order valence-electron chi connectivity index (χ0n) is 5.62. The molecule has 0 atom stereocenters. The van der Waals surface area contributed by atoms with Gasteiger partial charge in [0.1, 0.15) is 11.6 Å². The molecular weight excluding hydrogens is 196 g/mol. The highest BCUT2D eigenvalue weighted by molar-refractivity contribution is 6.21. The molecular formula is C7H3ClF4. The molecule has 0 aromatic heterocycles. The van der Waals surface area contributed by atoms with Gasteiger partial charge >= 0.3 is 5.38 Å². The van der Waals surface area contributed by atoms with Crippen molar-refractivity contribution >= 4 is 11.6 Å². The van der Waals surface area contributed by atoms with Crippen molar-refractivity contribution in [2.75, 3.05) is 0 Å². The molecule has 0 saturated heterocycles. The van der Waals surface area contributed by atoms with Crippen molar-refractivity contribution in [3.63, 3.8) is 0 Å². The van der Waals surface area contributed by atoms with E-state index in [1.54, 1.807) is 0 Å². The van der Waals surface area contributed by atoms with Gasteiger partial charge in [0.15, 0.2) is 0 Å². The molecule has 1 aromatic carbocycles.